The summed E-state index contributed by atoms with van der Waals surface area (Å²) in [6.07, 6.45) is 1.09. The van der Waals surface area contributed by atoms with Gasteiger partial charge in [-0.15, -0.1) is 0 Å². The van der Waals surface area contributed by atoms with Gasteiger partial charge in [-0.3, -0.25) is 19.6 Å². The minimum atomic E-state index is -0.876. The Morgan fingerprint density at radius 2 is 2.25 bits per heavy atom. The molecule has 1 aromatic heterocycles. The van der Waals surface area contributed by atoms with Crippen molar-refractivity contribution < 1.29 is 14.1 Å². The topological polar surface area (TPSA) is 90.1 Å². The van der Waals surface area contributed by atoms with Gasteiger partial charge < -0.3 is 5.32 Å². The van der Waals surface area contributed by atoms with E-state index in [1.54, 1.807) is 0 Å². The monoisotopic (exact) mass is 298 g/mol. The molecule has 0 aliphatic rings. The first-order valence-corrected chi connectivity index (χ1v) is 5.70. The highest BCUT2D eigenvalue weighted by atomic mass is 35.5. The van der Waals surface area contributed by atoms with Crippen molar-refractivity contribution in [2.75, 3.05) is 5.32 Å². The molecule has 104 valence electrons. The van der Waals surface area contributed by atoms with E-state index in [4.69, 9.17) is 11.6 Å². The molecular weight excluding hydrogens is 291 g/mol. The first kappa shape index (κ1) is 13.9. The molecule has 0 saturated heterocycles. The predicted octanol–water partition coefficient (Wildman–Crippen LogP) is 2.37. The second-order valence-electron chi connectivity index (χ2n) is 3.87. The number of hydrogen-bond acceptors (Lipinski definition) is 4. The smallest absolute Gasteiger partial charge is 0.318 e. The van der Waals surface area contributed by atoms with Gasteiger partial charge >= 0.3 is 5.69 Å². The Labute approximate surface area is 117 Å². The van der Waals surface area contributed by atoms with E-state index < -0.39 is 28.0 Å². The quantitative estimate of drug-likeness (QED) is 0.695. The van der Waals surface area contributed by atoms with Crippen molar-refractivity contribution in [1.29, 1.82) is 0 Å². The second-order valence-corrected chi connectivity index (χ2v) is 4.31. The van der Waals surface area contributed by atoms with Crippen molar-refractivity contribution in [1.82, 2.24) is 9.78 Å². The standard InChI is InChI=1S/C11H8ClFN4O3/c1-16-5-9(17(19)20)10(15-16)11(18)14-8-3-2-6(12)4-7(8)13/h2-5H,1H3,(H,14,18). The average molecular weight is 299 g/mol. The number of anilines is 1. The molecule has 0 aliphatic heterocycles. The lowest BCUT2D eigenvalue weighted by Gasteiger charge is -2.04. The summed E-state index contributed by atoms with van der Waals surface area (Å²) in [4.78, 5) is 21.9. The molecule has 0 unspecified atom stereocenters. The molecule has 7 nitrogen and oxygen atoms in total. The van der Waals surface area contributed by atoms with Crippen LogP contribution >= 0.6 is 11.6 Å². The van der Waals surface area contributed by atoms with Gasteiger partial charge in [-0.25, -0.2) is 4.39 Å². The summed E-state index contributed by atoms with van der Waals surface area (Å²) in [5.41, 5.74) is -0.995. The van der Waals surface area contributed by atoms with Gasteiger partial charge in [0.2, 0.25) is 5.69 Å². The number of rotatable bonds is 3. The Morgan fingerprint density at radius 1 is 1.55 bits per heavy atom. The van der Waals surface area contributed by atoms with E-state index in [9.17, 15) is 19.3 Å². The number of halogens is 2. The lowest BCUT2D eigenvalue weighted by Crippen LogP contribution is -2.15. The Balaban J connectivity index is 2.31. The van der Waals surface area contributed by atoms with Crippen molar-refractivity contribution in [3.63, 3.8) is 0 Å². The first-order valence-electron chi connectivity index (χ1n) is 5.33. The minimum Gasteiger partial charge on any atom is -0.318 e. The summed E-state index contributed by atoms with van der Waals surface area (Å²) in [6, 6.07) is 3.65. The maximum absolute atomic E-state index is 13.5. The van der Waals surface area contributed by atoms with Crippen molar-refractivity contribution in [2.24, 2.45) is 7.05 Å². The highest BCUT2D eigenvalue weighted by Crippen LogP contribution is 2.21. The normalized spacial score (nSPS) is 10.3. The zero-order chi connectivity index (χ0) is 14.9. The molecule has 0 aliphatic carbocycles. The van der Waals surface area contributed by atoms with Crippen LogP contribution in [0.4, 0.5) is 15.8 Å². The number of aromatic nitrogens is 2. The molecule has 0 fully saturated rings. The third-order valence-electron chi connectivity index (χ3n) is 2.40. The molecular formula is C11H8ClFN4O3. The molecule has 20 heavy (non-hydrogen) atoms. The molecule has 0 bridgehead atoms. The third-order valence-corrected chi connectivity index (χ3v) is 2.64. The lowest BCUT2D eigenvalue weighted by atomic mass is 10.3. The summed E-state index contributed by atoms with van der Waals surface area (Å²) >= 11 is 5.58. The van der Waals surface area contributed by atoms with Crippen molar-refractivity contribution in [3.05, 3.63) is 51.0 Å². The number of nitrogens with one attached hydrogen (secondary N) is 1. The zero-order valence-electron chi connectivity index (χ0n) is 10.1. The highest BCUT2D eigenvalue weighted by Gasteiger charge is 2.25. The van der Waals surface area contributed by atoms with Gasteiger partial charge in [-0.2, -0.15) is 5.10 Å². The number of benzene rings is 1. The van der Waals surface area contributed by atoms with E-state index in [0.29, 0.717) is 0 Å². The van der Waals surface area contributed by atoms with Crippen LogP contribution in [0.2, 0.25) is 5.02 Å². The summed E-state index contributed by atoms with van der Waals surface area (Å²) in [6.45, 7) is 0. The molecule has 1 aromatic carbocycles. The summed E-state index contributed by atoms with van der Waals surface area (Å²) in [5.74, 6) is -1.62. The average Bonchev–Trinajstić information content (AvgIpc) is 2.75. The number of nitro groups is 1. The van der Waals surface area contributed by atoms with Gasteiger partial charge in [0.25, 0.3) is 5.91 Å². The fraction of sp³-hybridized carbons (Fsp3) is 0.0909. The minimum absolute atomic E-state index is 0.139. The zero-order valence-corrected chi connectivity index (χ0v) is 10.9. The number of nitrogens with zero attached hydrogens (tertiary/aromatic N) is 3. The molecule has 1 heterocycles. The third kappa shape index (κ3) is 2.75. The molecule has 0 saturated carbocycles. The van der Waals surface area contributed by atoms with Crippen LogP contribution in [0.1, 0.15) is 10.5 Å². The molecule has 0 atom stereocenters. The summed E-state index contributed by atoms with van der Waals surface area (Å²) < 4.78 is 14.7. The number of carbonyl (C=O) groups excluding carboxylic acids is 1. The van der Waals surface area contributed by atoms with E-state index in [0.717, 1.165) is 16.9 Å². The van der Waals surface area contributed by atoms with Crippen molar-refractivity contribution in [3.8, 4) is 0 Å². The van der Waals surface area contributed by atoms with E-state index in [1.165, 1.54) is 19.2 Å². The first-order chi connectivity index (χ1) is 9.38. The fourth-order valence-corrected chi connectivity index (χ4v) is 1.70. The summed E-state index contributed by atoms with van der Waals surface area (Å²) in [7, 11) is 1.44. The van der Waals surface area contributed by atoms with Gasteiger partial charge in [-0.1, -0.05) is 11.6 Å². The number of carbonyl (C=O) groups is 1. The van der Waals surface area contributed by atoms with Crippen molar-refractivity contribution >= 4 is 28.9 Å². The Kier molecular flexibility index (Phi) is 3.66. The van der Waals surface area contributed by atoms with Crippen LogP contribution < -0.4 is 5.32 Å². The lowest BCUT2D eigenvalue weighted by molar-refractivity contribution is -0.385. The molecule has 1 amide bonds. The largest absolute Gasteiger partial charge is 0.320 e. The van der Waals surface area contributed by atoms with Crippen LogP contribution in [0.3, 0.4) is 0 Å². The molecule has 0 radical (unpaired) electrons. The Morgan fingerprint density at radius 3 is 2.85 bits per heavy atom. The van der Waals surface area contributed by atoms with E-state index in [1.807, 2.05) is 0 Å². The Bertz CT molecular complexity index is 701. The summed E-state index contributed by atoms with van der Waals surface area (Å²) in [5, 5.41) is 16.9. The highest BCUT2D eigenvalue weighted by molar-refractivity contribution is 6.30. The van der Waals surface area contributed by atoms with Crippen LogP contribution in [-0.4, -0.2) is 20.6 Å². The van der Waals surface area contributed by atoms with Crippen LogP contribution in [0.5, 0.6) is 0 Å². The SMILES string of the molecule is Cn1cc([N+](=O)[O-])c(C(=O)Nc2ccc(Cl)cc2F)n1. The number of aryl methyl sites for hydroxylation is 1. The number of hydrogen-bond donors (Lipinski definition) is 1. The maximum atomic E-state index is 13.5. The van der Waals surface area contributed by atoms with E-state index >= 15 is 0 Å². The van der Waals surface area contributed by atoms with Gasteiger partial charge in [0.05, 0.1) is 10.6 Å². The Hall–Kier alpha value is -2.48. The van der Waals surface area contributed by atoms with Gasteiger partial charge in [-0.05, 0) is 18.2 Å². The molecule has 1 N–H and O–H groups in total. The van der Waals surface area contributed by atoms with Gasteiger partial charge in [0.15, 0.2) is 0 Å². The number of amides is 1. The molecule has 0 spiro atoms. The van der Waals surface area contributed by atoms with Gasteiger partial charge in [0, 0.05) is 12.1 Å². The van der Waals surface area contributed by atoms with E-state index in [2.05, 4.69) is 10.4 Å². The fourth-order valence-electron chi connectivity index (χ4n) is 1.54. The van der Waals surface area contributed by atoms with Crippen LogP contribution in [0.25, 0.3) is 0 Å². The molecule has 9 heteroatoms. The predicted molar refractivity (Wildman–Crippen MR) is 69.2 cm³/mol. The van der Waals surface area contributed by atoms with Crippen LogP contribution in [0, 0.1) is 15.9 Å². The van der Waals surface area contributed by atoms with Crippen LogP contribution in [0.15, 0.2) is 24.4 Å². The van der Waals surface area contributed by atoms with Crippen LogP contribution in [-0.2, 0) is 7.05 Å². The van der Waals surface area contributed by atoms with E-state index in [-0.39, 0.29) is 10.7 Å². The van der Waals surface area contributed by atoms with Gasteiger partial charge in [0.1, 0.15) is 12.0 Å². The van der Waals surface area contributed by atoms with Crippen molar-refractivity contribution in [2.45, 2.75) is 0 Å². The molecule has 2 aromatic rings. The molecule has 2 rings (SSSR count). The maximum Gasteiger partial charge on any atom is 0.320 e. The second kappa shape index (κ2) is 5.25.